The van der Waals surface area contributed by atoms with Crippen LogP contribution in [0.4, 0.5) is 0 Å². The topological polar surface area (TPSA) is 38.1 Å². The number of imidazole rings is 1. The zero-order chi connectivity index (χ0) is 13.0. The van der Waals surface area contributed by atoms with Crippen molar-refractivity contribution in [1.82, 2.24) is 9.55 Å². The fraction of sp³-hybridized carbons (Fsp3) is 0.500. The van der Waals surface area contributed by atoms with Gasteiger partial charge in [-0.1, -0.05) is 19.1 Å². The van der Waals surface area contributed by atoms with Gasteiger partial charge in [-0.25, -0.2) is 4.98 Å². The van der Waals surface area contributed by atoms with Crippen LogP contribution in [0.1, 0.15) is 19.2 Å². The molecule has 0 saturated carbocycles. The second kappa shape index (κ2) is 6.25. The van der Waals surface area contributed by atoms with Crippen molar-refractivity contribution in [2.45, 2.75) is 25.9 Å². The van der Waals surface area contributed by atoms with Crippen molar-refractivity contribution in [3.05, 3.63) is 30.1 Å². The van der Waals surface area contributed by atoms with Crippen molar-refractivity contribution in [3.8, 4) is 0 Å². The standard InChI is InChI=1S/C14H20N2OS/c1-3-18-9-8-11(17)10-14-15-12-6-4-5-7-13(12)16(14)2/h4-7,11,17H,3,8-10H2,1-2H3. The van der Waals surface area contributed by atoms with Crippen molar-refractivity contribution in [1.29, 1.82) is 0 Å². The second-order valence-corrected chi connectivity index (χ2v) is 5.81. The first-order valence-electron chi connectivity index (χ1n) is 6.38. The normalized spacial score (nSPS) is 13.1. The summed E-state index contributed by atoms with van der Waals surface area (Å²) in [5, 5.41) is 10.0. The third kappa shape index (κ3) is 3.06. The number of aliphatic hydroxyl groups excluding tert-OH is 1. The van der Waals surface area contributed by atoms with Crippen LogP contribution < -0.4 is 0 Å². The van der Waals surface area contributed by atoms with Crippen LogP contribution in [-0.4, -0.2) is 32.3 Å². The number of nitrogens with zero attached hydrogens (tertiary/aromatic N) is 2. The van der Waals surface area contributed by atoms with Crippen LogP contribution in [-0.2, 0) is 13.5 Å². The largest absolute Gasteiger partial charge is 0.393 e. The van der Waals surface area contributed by atoms with Crippen molar-refractivity contribution in [3.63, 3.8) is 0 Å². The predicted octanol–water partition coefficient (Wildman–Crippen LogP) is 2.62. The van der Waals surface area contributed by atoms with Gasteiger partial charge in [0.05, 0.1) is 17.1 Å². The molecular weight excluding hydrogens is 244 g/mol. The van der Waals surface area contributed by atoms with Crippen LogP contribution in [0.2, 0.25) is 0 Å². The number of aryl methyl sites for hydroxylation is 1. The molecule has 0 radical (unpaired) electrons. The highest BCUT2D eigenvalue weighted by Crippen LogP contribution is 2.16. The quantitative estimate of drug-likeness (QED) is 0.815. The van der Waals surface area contributed by atoms with Gasteiger partial charge >= 0.3 is 0 Å². The van der Waals surface area contributed by atoms with Gasteiger partial charge in [-0.15, -0.1) is 0 Å². The van der Waals surface area contributed by atoms with Gasteiger partial charge in [0.25, 0.3) is 0 Å². The summed E-state index contributed by atoms with van der Waals surface area (Å²) in [5.41, 5.74) is 2.13. The van der Waals surface area contributed by atoms with E-state index in [2.05, 4.69) is 22.5 Å². The summed E-state index contributed by atoms with van der Waals surface area (Å²) in [4.78, 5) is 4.58. The molecular formula is C14H20N2OS. The first-order valence-corrected chi connectivity index (χ1v) is 7.54. The summed E-state index contributed by atoms with van der Waals surface area (Å²) < 4.78 is 2.07. The third-order valence-electron chi connectivity index (χ3n) is 3.10. The highest BCUT2D eigenvalue weighted by atomic mass is 32.2. The molecule has 0 spiro atoms. The Balaban J connectivity index is 2.05. The van der Waals surface area contributed by atoms with E-state index in [0.717, 1.165) is 34.8 Å². The molecule has 2 rings (SSSR count). The van der Waals surface area contributed by atoms with E-state index in [-0.39, 0.29) is 6.10 Å². The van der Waals surface area contributed by atoms with Gasteiger partial charge in [0.15, 0.2) is 0 Å². The number of aromatic nitrogens is 2. The molecule has 1 N–H and O–H groups in total. The Morgan fingerprint density at radius 2 is 2.17 bits per heavy atom. The monoisotopic (exact) mass is 264 g/mol. The number of hydrogen-bond donors (Lipinski definition) is 1. The van der Waals surface area contributed by atoms with E-state index >= 15 is 0 Å². The first kappa shape index (κ1) is 13.4. The third-order valence-corrected chi connectivity index (χ3v) is 4.03. The Morgan fingerprint density at radius 1 is 1.39 bits per heavy atom. The molecule has 0 fully saturated rings. The van der Waals surface area contributed by atoms with Gasteiger partial charge < -0.3 is 9.67 Å². The smallest absolute Gasteiger partial charge is 0.112 e. The predicted molar refractivity (Wildman–Crippen MR) is 78.0 cm³/mol. The fourth-order valence-electron chi connectivity index (χ4n) is 2.05. The Hall–Kier alpha value is -1.00. The zero-order valence-corrected chi connectivity index (χ0v) is 11.8. The second-order valence-electron chi connectivity index (χ2n) is 4.42. The number of rotatable bonds is 6. The lowest BCUT2D eigenvalue weighted by Crippen LogP contribution is -2.14. The van der Waals surface area contributed by atoms with E-state index in [1.165, 1.54) is 0 Å². The molecule has 0 bridgehead atoms. The van der Waals surface area contributed by atoms with E-state index in [1.807, 2.05) is 37.0 Å². The van der Waals surface area contributed by atoms with Crippen molar-refractivity contribution < 1.29 is 5.11 Å². The molecule has 3 nitrogen and oxygen atoms in total. The highest BCUT2D eigenvalue weighted by Gasteiger charge is 2.12. The first-order chi connectivity index (χ1) is 8.72. The molecule has 98 valence electrons. The molecule has 2 aromatic rings. The van der Waals surface area contributed by atoms with Crippen LogP contribution in [0.25, 0.3) is 11.0 Å². The lowest BCUT2D eigenvalue weighted by atomic mass is 10.2. The van der Waals surface area contributed by atoms with Gasteiger partial charge in [0.2, 0.25) is 0 Å². The molecule has 1 heterocycles. The van der Waals surface area contributed by atoms with Crippen molar-refractivity contribution in [2.75, 3.05) is 11.5 Å². The van der Waals surface area contributed by atoms with Crippen molar-refractivity contribution in [2.24, 2.45) is 7.05 Å². The Labute approximate surface area is 112 Å². The zero-order valence-electron chi connectivity index (χ0n) is 11.0. The van der Waals surface area contributed by atoms with Gasteiger partial charge in [-0.3, -0.25) is 0 Å². The molecule has 0 aliphatic rings. The summed E-state index contributed by atoms with van der Waals surface area (Å²) in [6.45, 7) is 2.14. The number of thioether (sulfide) groups is 1. The van der Waals surface area contributed by atoms with E-state index < -0.39 is 0 Å². The SMILES string of the molecule is CCSCCC(O)Cc1nc2ccccc2n1C. The van der Waals surface area contributed by atoms with Crippen molar-refractivity contribution >= 4 is 22.8 Å². The van der Waals surface area contributed by atoms with Crippen LogP contribution in [0.3, 0.4) is 0 Å². The van der Waals surface area contributed by atoms with Crippen LogP contribution >= 0.6 is 11.8 Å². The average molecular weight is 264 g/mol. The average Bonchev–Trinajstić information content (AvgIpc) is 2.67. The Morgan fingerprint density at radius 3 is 2.89 bits per heavy atom. The maximum Gasteiger partial charge on any atom is 0.112 e. The van der Waals surface area contributed by atoms with E-state index in [1.54, 1.807) is 0 Å². The van der Waals surface area contributed by atoms with Gasteiger partial charge in [0.1, 0.15) is 5.82 Å². The molecule has 1 atom stereocenters. The summed E-state index contributed by atoms with van der Waals surface area (Å²) in [7, 11) is 2.01. The number of fused-ring (bicyclic) bond motifs is 1. The van der Waals surface area contributed by atoms with Gasteiger partial charge in [-0.2, -0.15) is 11.8 Å². The summed E-state index contributed by atoms with van der Waals surface area (Å²) in [6.07, 6.45) is 1.18. The lowest BCUT2D eigenvalue weighted by Gasteiger charge is -2.09. The molecule has 1 unspecified atom stereocenters. The molecule has 18 heavy (non-hydrogen) atoms. The van der Waals surface area contributed by atoms with E-state index in [4.69, 9.17) is 0 Å². The summed E-state index contributed by atoms with van der Waals surface area (Å²) >= 11 is 1.87. The Bertz CT molecular complexity index is 509. The maximum atomic E-state index is 10.0. The molecule has 0 amide bonds. The number of hydrogen-bond acceptors (Lipinski definition) is 3. The molecule has 1 aromatic carbocycles. The minimum atomic E-state index is -0.292. The van der Waals surface area contributed by atoms with Gasteiger partial charge in [-0.05, 0) is 30.1 Å². The molecule has 0 saturated heterocycles. The number of para-hydroxylation sites is 2. The Kier molecular flexibility index (Phi) is 4.66. The van der Waals surface area contributed by atoms with Gasteiger partial charge in [0, 0.05) is 13.5 Å². The minimum absolute atomic E-state index is 0.292. The van der Waals surface area contributed by atoms with E-state index in [9.17, 15) is 5.11 Å². The molecule has 0 aliphatic carbocycles. The number of aliphatic hydroxyl groups is 1. The van der Waals surface area contributed by atoms with Crippen LogP contribution in [0, 0.1) is 0 Å². The molecule has 4 heteroatoms. The number of benzene rings is 1. The minimum Gasteiger partial charge on any atom is -0.393 e. The van der Waals surface area contributed by atoms with Crippen LogP contribution in [0.15, 0.2) is 24.3 Å². The maximum absolute atomic E-state index is 10.0. The molecule has 1 aromatic heterocycles. The molecule has 0 aliphatic heterocycles. The summed E-state index contributed by atoms with van der Waals surface area (Å²) in [5.74, 6) is 3.09. The highest BCUT2D eigenvalue weighted by molar-refractivity contribution is 7.99. The van der Waals surface area contributed by atoms with E-state index in [0.29, 0.717) is 6.42 Å². The lowest BCUT2D eigenvalue weighted by molar-refractivity contribution is 0.169. The van der Waals surface area contributed by atoms with Crippen LogP contribution in [0.5, 0.6) is 0 Å². The summed E-state index contributed by atoms with van der Waals surface area (Å²) in [6, 6.07) is 8.08. The fourth-order valence-corrected chi connectivity index (χ4v) is 2.78.